The molecule has 1 atom stereocenters. The van der Waals surface area contributed by atoms with Gasteiger partial charge in [0.2, 0.25) is 0 Å². The molecule has 2 heterocycles. The van der Waals surface area contributed by atoms with Gasteiger partial charge in [-0.2, -0.15) is 0 Å². The van der Waals surface area contributed by atoms with Crippen molar-refractivity contribution in [2.24, 2.45) is 0 Å². The lowest BCUT2D eigenvalue weighted by Gasteiger charge is -2.12. The summed E-state index contributed by atoms with van der Waals surface area (Å²) < 4.78 is 0. The van der Waals surface area contributed by atoms with Crippen LogP contribution in [0.3, 0.4) is 0 Å². The number of aryl methyl sites for hydroxylation is 1. The molecule has 1 aliphatic rings. The molecule has 0 radical (unpaired) electrons. The first-order chi connectivity index (χ1) is 8.58. The first-order valence-electron chi connectivity index (χ1n) is 5.70. The van der Waals surface area contributed by atoms with Crippen LogP contribution in [0, 0.1) is 17.0 Å². The number of carbonyl (C=O) groups is 1. The molecular formula is C11H14N4O3. The van der Waals surface area contributed by atoms with Gasteiger partial charge in [0.05, 0.1) is 16.2 Å². The van der Waals surface area contributed by atoms with E-state index in [2.05, 4.69) is 15.6 Å². The average molecular weight is 250 g/mol. The average Bonchev–Trinajstić information content (AvgIpc) is 2.81. The predicted molar refractivity (Wildman–Crippen MR) is 64.4 cm³/mol. The lowest BCUT2D eigenvalue weighted by Crippen LogP contribution is -2.36. The molecule has 1 fully saturated rings. The lowest BCUT2D eigenvalue weighted by molar-refractivity contribution is -0.385. The van der Waals surface area contributed by atoms with Gasteiger partial charge in [0.25, 0.3) is 11.6 Å². The maximum absolute atomic E-state index is 12.0. The monoisotopic (exact) mass is 250 g/mol. The van der Waals surface area contributed by atoms with Crippen LogP contribution in [-0.4, -0.2) is 34.9 Å². The highest BCUT2D eigenvalue weighted by atomic mass is 16.6. The molecule has 0 spiro atoms. The molecule has 0 bridgehead atoms. The van der Waals surface area contributed by atoms with Gasteiger partial charge in [0.15, 0.2) is 0 Å². The molecule has 2 rings (SSSR count). The fourth-order valence-corrected chi connectivity index (χ4v) is 1.89. The quantitative estimate of drug-likeness (QED) is 0.597. The molecule has 18 heavy (non-hydrogen) atoms. The van der Waals surface area contributed by atoms with Crippen molar-refractivity contribution in [1.29, 1.82) is 0 Å². The van der Waals surface area contributed by atoms with Crippen LogP contribution in [0.1, 0.15) is 22.5 Å². The van der Waals surface area contributed by atoms with Crippen molar-refractivity contribution in [1.82, 2.24) is 15.6 Å². The Balaban J connectivity index is 2.17. The number of pyridine rings is 1. The minimum Gasteiger partial charge on any atom is -0.348 e. The Hall–Kier alpha value is -2.02. The van der Waals surface area contributed by atoms with E-state index >= 15 is 0 Å². The topological polar surface area (TPSA) is 97.2 Å². The van der Waals surface area contributed by atoms with Gasteiger partial charge in [-0.15, -0.1) is 0 Å². The zero-order valence-electron chi connectivity index (χ0n) is 9.97. The van der Waals surface area contributed by atoms with Crippen LogP contribution in [0.2, 0.25) is 0 Å². The highest BCUT2D eigenvalue weighted by Crippen LogP contribution is 2.15. The number of hydrogen-bond donors (Lipinski definition) is 2. The second-order valence-electron chi connectivity index (χ2n) is 4.25. The summed E-state index contributed by atoms with van der Waals surface area (Å²) in [4.78, 5) is 26.0. The molecule has 7 heteroatoms. The van der Waals surface area contributed by atoms with Crippen molar-refractivity contribution >= 4 is 11.6 Å². The Morgan fingerprint density at radius 1 is 1.67 bits per heavy atom. The van der Waals surface area contributed by atoms with Crippen LogP contribution in [0.4, 0.5) is 5.69 Å². The summed E-state index contributed by atoms with van der Waals surface area (Å²) in [6.07, 6.45) is 2.02. The molecular weight excluding hydrogens is 236 g/mol. The molecule has 0 aliphatic carbocycles. The number of nitrogens with zero attached hydrogens (tertiary/aromatic N) is 2. The highest BCUT2D eigenvalue weighted by Gasteiger charge is 2.20. The third-order valence-electron chi connectivity index (χ3n) is 2.92. The van der Waals surface area contributed by atoms with E-state index in [0.29, 0.717) is 5.69 Å². The molecule has 7 nitrogen and oxygen atoms in total. The van der Waals surface area contributed by atoms with Gasteiger partial charge in [-0.05, 0) is 19.9 Å². The molecule has 1 aromatic heterocycles. The Labute approximate surface area is 104 Å². The Bertz CT molecular complexity index is 483. The standard InChI is InChI=1S/C11H14N4O3/c1-7-10(4-9(6-13-7)15(17)18)11(16)14-8-2-3-12-5-8/h4,6,8,12H,2-3,5H2,1H3,(H,14,16). The maximum Gasteiger partial charge on any atom is 0.288 e. The van der Waals surface area contributed by atoms with Crippen molar-refractivity contribution in [2.45, 2.75) is 19.4 Å². The summed E-state index contributed by atoms with van der Waals surface area (Å²) in [7, 11) is 0. The zero-order chi connectivity index (χ0) is 13.1. The number of hydrogen-bond acceptors (Lipinski definition) is 5. The smallest absolute Gasteiger partial charge is 0.288 e. The van der Waals surface area contributed by atoms with E-state index in [1.54, 1.807) is 6.92 Å². The van der Waals surface area contributed by atoms with Crippen LogP contribution in [0.15, 0.2) is 12.3 Å². The van der Waals surface area contributed by atoms with Crippen molar-refractivity contribution < 1.29 is 9.72 Å². The maximum atomic E-state index is 12.0. The summed E-state index contributed by atoms with van der Waals surface area (Å²) in [5.74, 6) is -0.308. The van der Waals surface area contributed by atoms with Gasteiger partial charge in [0, 0.05) is 18.7 Å². The minimum atomic E-state index is -0.555. The van der Waals surface area contributed by atoms with Crippen molar-refractivity contribution in [3.8, 4) is 0 Å². The molecule has 1 amide bonds. The summed E-state index contributed by atoms with van der Waals surface area (Å²) >= 11 is 0. The van der Waals surface area contributed by atoms with Gasteiger partial charge < -0.3 is 10.6 Å². The fraction of sp³-hybridized carbons (Fsp3) is 0.455. The molecule has 2 N–H and O–H groups in total. The summed E-state index contributed by atoms with van der Waals surface area (Å²) in [5, 5.41) is 16.6. The number of nitro groups is 1. The SMILES string of the molecule is Cc1ncc([N+](=O)[O-])cc1C(=O)NC1CCNC1. The first-order valence-corrected chi connectivity index (χ1v) is 5.70. The Kier molecular flexibility index (Phi) is 3.52. The molecule has 0 saturated carbocycles. The van der Waals surface area contributed by atoms with Gasteiger partial charge in [-0.1, -0.05) is 0 Å². The molecule has 1 unspecified atom stereocenters. The third kappa shape index (κ3) is 2.62. The van der Waals surface area contributed by atoms with E-state index in [4.69, 9.17) is 0 Å². The third-order valence-corrected chi connectivity index (χ3v) is 2.92. The molecule has 96 valence electrons. The normalized spacial score (nSPS) is 18.6. The molecule has 0 aromatic carbocycles. The van der Waals surface area contributed by atoms with E-state index in [1.807, 2.05) is 0 Å². The van der Waals surface area contributed by atoms with E-state index in [0.717, 1.165) is 25.7 Å². The van der Waals surface area contributed by atoms with Crippen LogP contribution in [-0.2, 0) is 0 Å². The molecule has 1 aliphatic heterocycles. The van der Waals surface area contributed by atoms with E-state index < -0.39 is 4.92 Å². The van der Waals surface area contributed by atoms with Gasteiger partial charge >= 0.3 is 0 Å². The summed E-state index contributed by atoms with van der Waals surface area (Å²) in [6.45, 7) is 3.26. The fourth-order valence-electron chi connectivity index (χ4n) is 1.89. The summed E-state index contributed by atoms with van der Waals surface area (Å²) in [5.41, 5.74) is 0.579. The second-order valence-corrected chi connectivity index (χ2v) is 4.25. The van der Waals surface area contributed by atoms with Crippen molar-refractivity contribution in [2.75, 3.05) is 13.1 Å². The largest absolute Gasteiger partial charge is 0.348 e. The van der Waals surface area contributed by atoms with Crippen molar-refractivity contribution in [3.05, 3.63) is 33.6 Å². The second kappa shape index (κ2) is 5.09. The van der Waals surface area contributed by atoms with Crippen LogP contribution < -0.4 is 10.6 Å². The van der Waals surface area contributed by atoms with Gasteiger partial charge in [-0.3, -0.25) is 19.9 Å². The van der Waals surface area contributed by atoms with Crippen molar-refractivity contribution in [3.63, 3.8) is 0 Å². The Morgan fingerprint density at radius 2 is 2.44 bits per heavy atom. The van der Waals surface area contributed by atoms with Crippen LogP contribution >= 0.6 is 0 Å². The van der Waals surface area contributed by atoms with Crippen LogP contribution in [0.5, 0.6) is 0 Å². The zero-order valence-corrected chi connectivity index (χ0v) is 9.97. The van der Waals surface area contributed by atoms with Gasteiger partial charge in [-0.25, -0.2) is 0 Å². The van der Waals surface area contributed by atoms with E-state index in [1.165, 1.54) is 6.07 Å². The minimum absolute atomic E-state index is 0.0798. The number of nitrogens with one attached hydrogen (secondary N) is 2. The lowest BCUT2D eigenvalue weighted by atomic mass is 10.1. The molecule has 1 saturated heterocycles. The first kappa shape index (κ1) is 12.4. The number of aromatic nitrogens is 1. The van der Waals surface area contributed by atoms with Gasteiger partial charge in [0.1, 0.15) is 6.20 Å². The number of rotatable bonds is 3. The highest BCUT2D eigenvalue weighted by molar-refractivity contribution is 5.96. The Morgan fingerprint density at radius 3 is 3.06 bits per heavy atom. The van der Waals surface area contributed by atoms with Crippen LogP contribution in [0.25, 0.3) is 0 Å². The summed E-state index contributed by atoms with van der Waals surface area (Å²) in [6, 6.07) is 1.34. The van der Waals surface area contributed by atoms with E-state index in [-0.39, 0.29) is 23.2 Å². The predicted octanol–water partition coefficient (Wildman–Crippen LogP) is 0.390. The number of amides is 1. The van der Waals surface area contributed by atoms with E-state index in [9.17, 15) is 14.9 Å². The number of carbonyl (C=O) groups excluding carboxylic acids is 1. The molecule has 1 aromatic rings.